The highest BCUT2D eigenvalue weighted by molar-refractivity contribution is 5.38. The molecule has 118 valence electrons. The Morgan fingerprint density at radius 2 is 2.00 bits per heavy atom. The minimum atomic E-state index is 0.351. The van der Waals surface area contributed by atoms with E-state index in [1.54, 1.807) is 14.2 Å². The molecule has 3 heteroatoms. The SMILES string of the molecule is COCc1cc(C(C)NC2CCC(C)C2C)ccc1OC. The van der Waals surface area contributed by atoms with Crippen LogP contribution in [0.5, 0.6) is 5.75 Å². The zero-order valence-corrected chi connectivity index (χ0v) is 14.0. The van der Waals surface area contributed by atoms with Crippen LogP contribution in [-0.4, -0.2) is 20.3 Å². The molecule has 1 aliphatic carbocycles. The predicted octanol–water partition coefficient (Wildman–Crippen LogP) is 3.93. The van der Waals surface area contributed by atoms with Crippen LogP contribution < -0.4 is 10.1 Å². The van der Waals surface area contributed by atoms with Gasteiger partial charge in [-0.3, -0.25) is 0 Å². The standard InChI is InChI=1S/C18H29NO2/c1-12-6-8-17(13(12)2)19-14(3)15-7-9-18(21-5)16(10-15)11-20-4/h7,9-10,12-14,17,19H,6,8,11H2,1-5H3. The summed E-state index contributed by atoms with van der Waals surface area (Å²) >= 11 is 0. The molecular weight excluding hydrogens is 262 g/mol. The Bertz CT molecular complexity index is 461. The highest BCUT2D eigenvalue weighted by atomic mass is 16.5. The van der Waals surface area contributed by atoms with Gasteiger partial charge in [-0.2, -0.15) is 0 Å². The van der Waals surface area contributed by atoms with E-state index in [1.165, 1.54) is 18.4 Å². The number of methoxy groups -OCH3 is 2. The Morgan fingerprint density at radius 1 is 1.24 bits per heavy atom. The smallest absolute Gasteiger partial charge is 0.124 e. The molecule has 2 rings (SSSR count). The van der Waals surface area contributed by atoms with E-state index in [0.29, 0.717) is 18.7 Å². The molecule has 1 fully saturated rings. The van der Waals surface area contributed by atoms with Crippen LogP contribution in [0.4, 0.5) is 0 Å². The maximum Gasteiger partial charge on any atom is 0.124 e. The van der Waals surface area contributed by atoms with Crippen molar-refractivity contribution in [2.75, 3.05) is 14.2 Å². The third kappa shape index (κ3) is 3.78. The highest BCUT2D eigenvalue weighted by Crippen LogP contribution is 2.33. The number of ether oxygens (including phenoxy) is 2. The van der Waals surface area contributed by atoms with Gasteiger partial charge in [0.2, 0.25) is 0 Å². The largest absolute Gasteiger partial charge is 0.496 e. The third-order valence-corrected chi connectivity index (χ3v) is 5.03. The van der Waals surface area contributed by atoms with Gasteiger partial charge >= 0.3 is 0 Å². The van der Waals surface area contributed by atoms with Gasteiger partial charge in [-0.1, -0.05) is 19.9 Å². The molecule has 0 aliphatic heterocycles. The van der Waals surface area contributed by atoms with E-state index in [-0.39, 0.29) is 0 Å². The van der Waals surface area contributed by atoms with Crippen molar-refractivity contribution in [3.05, 3.63) is 29.3 Å². The van der Waals surface area contributed by atoms with E-state index >= 15 is 0 Å². The Morgan fingerprint density at radius 3 is 2.57 bits per heavy atom. The van der Waals surface area contributed by atoms with Crippen molar-refractivity contribution in [1.29, 1.82) is 0 Å². The van der Waals surface area contributed by atoms with Gasteiger partial charge in [0.05, 0.1) is 13.7 Å². The first-order valence-corrected chi connectivity index (χ1v) is 7.98. The molecule has 0 heterocycles. The van der Waals surface area contributed by atoms with Crippen molar-refractivity contribution < 1.29 is 9.47 Å². The molecule has 21 heavy (non-hydrogen) atoms. The zero-order valence-electron chi connectivity index (χ0n) is 14.0. The normalized spacial score (nSPS) is 26.8. The first-order valence-electron chi connectivity index (χ1n) is 7.98. The molecule has 1 saturated carbocycles. The van der Waals surface area contributed by atoms with Crippen LogP contribution in [0.25, 0.3) is 0 Å². The fraction of sp³-hybridized carbons (Fsp3) is 0.667. The van der Waals surface area contributed by atoms with E-state index < -0.39 is 0 Å². The van der Waals surface area contributed by atoms with Crippen LogP contribution in [0.15, 0.2) is 18.2 Å². The van der Waals surface area contributed by atoms with Gasteiger partial charge in [0.25, 0.3) is 0 Å². The summed E-state index contributed by atoms with van der Waals surface area (Å²) < 4.78 is 10.7. The predicted molar refractivity (Wildman–Crippen MR) is 86.6 cm³/mol. The van der Waals surface area contributed by atoms with Gasteiger partial charge < -0.3 is 14.8 Å². The molecule has 1 aliphatic rings. The molecule has 0 bridgehead atoms. The van der Waals surface area contributed by atoms with Gasteiger partial charge in [0.1, 0.15) is 5.75 Å². The fourth-order valence-electron chi connectivity index (χ4n) is 3.35. The number of rotatable bonds is 6. The third-order valence-electron chi connectivity index (χ3n) is 5.03. The quantitative estimate of drug-likeness (QED) is 0.861. The van der Waals surface area contributed by atoms with Gasteiger partial charge in [-0.25, -0.2) is 0 Å². The summed E-state index contributed by atoms with van der Waals surface area (Å²) in [6, 6.07) is 7.37. The minimum absolute atomic E-state index is 0.351. The van der Waals surface area contributed by atoms with Gasteiger partial charge in [-0.15, -0.1) is 0 Å². The number of hydrogen-bond donors (Lipinski definition) is 1. The second kappa shape index (κ2) is 7.28. The molecule has 1 aromatic rings. The van der Waals surface area contributed by atoms with Crippen molar-refractivity contribution in [1.82, 2.24) is 5.32 Å². The minimum Gasteiger partial charge on any atom is -0.496 e. The van der Waals surface area contributed by atoms with Crippen LogP contribution in [0, 0.1) is 11.8 Å². The van der Waals surface area contributed by atoms with Crippen LogP contribution in [0.1, 0.15) is 50.8 Å². The fourth-order valence-corrected chi connectivity index (χ4v) is 3.35. The van der Waals surface area contributed by atoms with Crippen LogP contribution in [-0.2, 0) is 11.3 Å². The Hall–Kier alpha value is -1.06. The van der Waals surface area contributed by atoms with E-state index in [0.717, 1.165) is 23.1 Å². The maximum atomic E-state index is 5.40. The molecule has 0 radical (unpaired) electrons. The molecular formula is C18H29NO2. The van der Waals surface area contributed by atoms with Gasteiger partial charge in [0, 0.05) is 24.8 Å². The summed E-state index contributed by atoms with van der Waals surface area (Å²) in [6.07, 6.45) is 2.62. The Labute approximate surface area is 129 Å². The van der Waals surface area contributed by atoms with Crippen molar-refractivity contribution in [2.24, 2.45) is 11.8 Å². The van der Waals surface area contributed by atoms with E-state index in [9.17, 15) is 0 Å². The molecule has 4 unspecified atom stereocenters. The number of hydrogen-bond acceptors (Lipinski definition) is 3. The lowest BCUT2D eigenvalue weighted by Crippen LogP contribution is -2.34. The lowest BCUT2D eigenvalue weighted by atomic mass is 9.96. The summed E-state index contributed by atoms with van der Waals surface area (Å²) in [5, 5.41) is 3.80. The van der Waals surface area contributed by atoms with E-state index in [1.807, 2.05) is 6.07 Å². The molecule has 0 spiro atoms. The average Bonchev–Trinajstić information content (AvgIpc) is 2.79. The monoisotopic (exact) mass is 291 g/mol. The lowest BCUT2D eigenvalue weighted by Gasteiger charge is -2.25. The van der Waals surface area contributed by atoms with E-state index in [4.69, 9.17) is 9.47 Å². The number of nitrogens with one attached hydrogen (secondary N) is 1. The van der Waals surface area contributed by atoms with E-state index in [2.05, 4.69) is 38.2 Å². The first-order chi connectivity index (χ1) is 10.1. The van der Waals surface area contributed by atoms with Gasteiger partial charge in [-0.05, 0) is 49.3 Å². The van der Waals surface area contributed by atoms with Crippen LogP contribution in [0.3, 0.4) is 0 Å². The van der Waals surface area contributed by atoms with Gasteiger partial charge in [0.15, 0.2) is 0 Å². The average molecular weight is 291 g/mol. The summed E-state index contributed by atoms with van der Waals surface area (Å²) in [6.45, 7) is 7.56. The molecule has 3 nitrogen and oxygen atoms in total. The maximum absolute atomic E-state index is 5.40. The molecule has 1 N–H and O–H groups in total. The van der Waals surface area contributed by atoms with Crippen molar-refractivity contribution in [2.45, 2.75) is 52.3 Å². The summed E-state index contributed by atoms with van der Waals surface area (Å²) in [7, 11) is 3.42. The second-order valence-electron chi connectivity index (χ2n) is 6.41. The summed E-state index contributed by atoms with van der Waals surface area (Å²) in [5.41, 5.74) is 2.41. The highest BCUT2D eigenvalue weighted by Gasteiger charge is 2.30. The van der Waals surface area contributed by atoms with Crippen molar-refractivity contribution in [3.63, 3.8) is 0 Å². The topological polar surface area (TPSA) is 30.5 Å². The molecule has 0 aromatic heterocycles. The summed E-state index contributed by atoms with van der Waals surface area (Å²) in [5.74, 6) is 2.48. The van der Waals surface area contributed by atoms with Crippen LogP contribution in [0.2, 0.25) is 0 Å². The molecule has 1 aromatic carbocycles. The Kier molecular flexibility index (Phi) is 5.65. The first kappa shape index (κ1) is 16.3. The summed E-state index contributed by atoms with van der Waals surface area (Å²) in [4.78, 5) is 0. The number of benzene rings is 1. The molecule has 0 amide bonds. The lowest BCUT2D eigenvalue weighted by molar-refractivity contribution is 0.181. The second-order valence-corrected chi connectivity index (χ2v) is 6.41. The Balaban J connectivity index is 2.08. The van der Waals surface area contributed by atoms with Crippen LogP contribution >= 0.6 is 0 Å². The zero-order chi connectivity index (χ0) is 15.4. The molecule has 0 saturated heterocycles. The van der Waals surface area contributed by atoms with Crippen molar-refractivity contribution >= 4 is 0 Å². The van der Waals surface area contributed by atoms with Crippen molar-refractivity contribution in [3.8, 4) is 5.75 Å². The molecule has 4 atom stereocenters.